The summed E-state index contributed by atoms with van der Waals surface area (Å²) in [6, 6.07) is 11.2. The number of rotatable bonds is 4. The summed E-state index contributed by atoms with van der Waals surface area (Å²) in [5, 5.41) is 13.6. The number of hydrogen-bond acceptors (Lipinski definition) is 3. The first-order chi connectivity index (χ1) is 10.0. The van der Waals surface area contributed by atoms with Crippen LogP contribution in [0.15, 0.2) is 46.9 Å². The van der Waals surface area contributed by atoms with Gasteiger partial charge in [-0.25, -0.2) is 0 Å². The van der Waals surface area contributed by atoms with Gasteiger partial charge in [-0.1, -0.05) is 28.1 Å². The van der Waals surface area contributed by atoms with Gasteiger partial charge in [-0.15, -0.1) is 11.6 Å². The molecule has 0 aliphatic rings. The topological polar surface area (TPSA) is 72.2 Å². The summed E-state index contributed by atoms with van der Waals surface area (Å²) in [6.45, 7) is 0. The number of alkyl halides is 1. The monoisotopic (exact) mass is 368 g/mol. The molecule has 0 radical (unpaired) electrons. The van der Waals surface area contributed by atoms with Gasteiger partial charge in [0.15, 0.2) is 0 Å². The molecule has 0 unspecified atom stereocenters. The molecule has 0 spiro atoms. The summed E-state index contributed by atoms with van der Waals surface area (Å²) in [7, 11) is 0. The van der Waals surface area contributed by atoms with Gasteiger partial charge in [0.1, 0.15) is 5.69 Å². The summed E-state index contributed by atoms with van der Waals surface area (Å²) in [5.41, 5.74) is 1.16. The van der Waals surface area contributed by atoms with Crippen LogP contribution in [-0.2, 0) is 5.88 Å². The summed E-state index contributed by atoms with van der Waals surface area (Å²) in [5.74, 6) is -0.132. The van der Waals surface area contributed by atoms with E-state index < -0.39 is 10.8 Å². The Bertz CT molecular complexity index is 706. The zero-order valence-electron chi connectivity index (χ0n) is 10.7. The number of benzene rings is 2. The Labute approximate surface area is 134 Å². The normalized spacial score (nSPS) is 10.2. The quantitative estimate of drug-likeness (QED) is 0.495. The molecule has 0 heterocycles. The van der Waals surface area contributed by atoms with Crippen LogP contribution in [0.1, 0.15) is 15.9 Å². The fraction of sp³-hybridized carbons (Fsp3) is 0.0714. The molecule has 0 aliphatic carbocycles. The predicted molar refractivity (Wildman–Crippen MR) is 84.7 cm³/mol. The van der Waals surface area contributed by atoms with E-state index in [4.69, 9.17) is 11.6 Å². The Morgan fingerprint density at radius 1 is 1.29 bits per heavy atom. The maximum atomic E-state index is 12.2. The molecule has 0 fully saturated rings. The third-order valence-electron chi connectivity index (χ3n) is 2.75. The van der Waals surface area contributed by atoms with Gasteiger partial charge in [0.2, 0.25) is 0 Å². The molecule has 0 aromatic heterocycles. The molecule has 2 aromatic carbocycles. The summed E-state index contributed by atoms with van der Waals surface area (Å²) in [4.78, 5) is 22.6. The van der Waals surface area contributed by atoms with Crippen LogP contribution in [0.5, 0.6) is 0 Å². The van der Waals surface area contributed by atoms with E-state index in [2.05, 4.69) is 21.2 Å². The van der Waals surface area contributed by atoms with E-state index >= 15 is 0 Å². The Balaban J connectivity index is 2.29. The number of nitrogens with one attached hydrogen (secondary N) is 1. The van der Waals surface area contributed by atoms with E-state index in [0.29, 0.717) is 15.9 Å². The minimum Gasteiger partial charge on any atom is -0.316 e. The molecule has 21 heavy (non-hydrogen) atoms. The highest BCUT2D eigenvalue weighted by molar-refractivity contribution is 9.10. The number of carbonyl (C=O) groups excluding carboxylic acids is 1. The van der Waals surface area contributed by atoms with Crippen molar-refractivity contribution >= 4 is 44.8 Å². The Morgan fingerprint density at radius 2 is 2.05 bits per heavy atom. The number of nitro groups is 1. The van der Waals surface area contributed by atoms with Gasteiger partial charge in [0.05, 0.1) is 4.92 Å². The van der Waals surface area contributed by atoms with Crippen molar-refractivity contribution < 1.29 is 9.72 Å². The number of nitrogens with zero attached hydrogens (tertiary/aromatic N) is 1. The first-order valence-electron chi connectivity index (χ1n) is 5.91. The number of carbonyl (C=O) groups is 1. The third-order valence-corrected chi connectivity index (χ3v) is 3.55. The molecule has 0 saturated heterocycles. The van der Waals surface area contributed by atoms with Crippen LogP contribution in [0.25, 0.3) is 0 Å². The van der Waals surface area contributed by atoms with Crippen molar-refractivity contribution in [3.63, 3.8) is 0 Å². The molecular weight excluding hydrogens is 360 g/mol. The van der Waals surface area contributed by atoms with Gasteiger partial charge in [-0.05, 0) is 29.8 Å². The highest BCUT2D eigenvalue weighted by Crippen LogP contribution is 2.28. The smallest absolute Gasteiger partial charge is 0.293 e. The zero-order valence-corrected chi connectivity index (χ0v) is 13.0. The van der Waals surface area contributed by atoms with Crippen LogP contribution < -0.4 is 5.32 Å². The van der Waals surface area contributed by atoms with Crippen molar-refractivity contribution in [1.29, 1.82) is 0 Å². The lowest BCUT2D eigenvalue weighted by atomic mass is 10.1. The Hall–Kier alpha value is -1.92. The Kier molecular flexibility index (Phi) is 4.93. The van der Waals surface area contributed by atoms with E-state index in [1.54, 1.807) is 30.3 Å². The lowest BCUT2D eigenvalue weighted by molar-refractivity contribution is -0.384. The highest BCUT2D eigenvalue weighted by atomic mass is 79.9. The number of amides is 1. The largest absolute Gasteiger partial charge is 0.316 e. The minimum atomic E-state index is -0.546. The Morgan fingerprint density at radius 3 is 2.71 bits per heavy atom. The average molecular weight is 370 g/mol. The summed E-state index contributed by atoms with van der Waals surface area (Å²) in [6.07, 6.45) is 0. The molecule has 2 rings (SSSR count). The first-order valence-corrected chi connectivity index (χ1v) is 7.24. The van der Waals surface area contributed by atoms with Crippen molar-refractivity contribution in [3.8, 4) is 0 Å². The van der Waals surface area contributed by atoms with Gasteiger partial charge in [-0.3, -0.25) is 14.9 Å². The third kappa shape index (κ3) is 3.80. The van der Waals surface area contributed by atoms with Gasteiger partial charge in [0.25, 0.3) is 11.6 Å². The molecule has 108 valence electrons. The molecular formula is C14H10BrClN2O3. The van der Waals surface area contributed by atoms with Crippen molar-refractivity contribution in [2.45, 2.75) is 5.88 Å². The lowest BCUT2D eigenvalue weighted by Gasteiger charge is -2.07. The molecule has 0 bridgehead atoms. The molecule has 0 saturated carbocycles. The maximum Gasteiger partial charge on any atom is 0.293 e. The minimum absolute atomic E-state index is 0.143. The second-order valence-electron chi connectivity index (χ2n) is 4.21. The lowest BCUT2D eigenvalue weighted by Crippen LogP contribution is -2.13. The summed E-state index contributed by atoms with van der Waals surface area (Å²) < 4.78 is 0.566. The van der Waals surface area contributed by atoms with Crippen molar-refractivity contribution in [2.75, 3.05) is 5.32 Å². The molecule has 0 aliphatic heterocycles. The molecule has 1 amide bonds. The average Bonchev–Trinajstić information content (AvgIpc) is 2.48. The first kappa shape index (κ1) is 15.5. The summed E-state index contributed by atoms with van der Waals surface area (Å²) >= 11 is 8.88. The van der Waals surface area contributed by atoms with Gasteiger partial charge in [0, 0.05) is 22.0 Å². The van der Waals surface area contributed by atoms with Crippen LogP contribution >= 0.6 is 27.5 Å². The second-order valence-corrected chi connectivity index (χ2v) is 5.39. The van der Waals surface area contributed by atoms with Crippen molar-refractivity contribution in [1.82, 2.24) is 0 Å². The zero-order chi connectivity index (χ0) is 15.4. The van der Waals surface area contributed by atoms with Crippen LogP contribution in [0.4, 0.5) is 11.4 Å². The molecule has 2 aromatic rings. The fourth-order valence-corrected chi connectivity index (χ4v) is 2.27. The SMILES string of the molecule is O=C(Nc1ccc(Br)cc1[N+](=O)[O-])c1cccc(CCl)c1. The number of halogens is 2. The van der Waals surface area contributed by atoms with Gasteiger partial charge in [-0.2, -0.15) is 0 Å². The maximum absolute atomic E-state index is 12.2. The van der Waals surface area contributed by atoms with E-state index in [9.17, 15) is 14.9 Å². The molecule has 7 heteroatoms. The molecule has 5 nitrogen and oxygen atoms in total. The van der Waals surface area contributed by atoms with E-state index in [0.717, 1.165) is 5.56 Å². The van der Waals surface area contributed by atoms with Crippen molar-refractivity contribution in [3.05, 3.63) is 68.2 Å². The van der Waals surface area contributed by atoms with E-state index in [1.165, 1.54) is 12.1 Å². The van der Waals surface area contributed by atoms with Gasteiger partial charge >= 0.3 is 0 Å². The second kappa shape index (κ2) is 6.69. The van der Waals surface area contributed by atoms with E-state index in [1.807, 2.05) is 0 Å². The fourth-order valence-electron chi connectivity index (χ4n) is 1.75. The number of anilines is 1. The van der Waals surface area contributed by atoms with Crippen LogP contribution in [0.2, 0.25) is 0 Å². The van der Waals surface area contributed by atoms with E-state index in [-0.39, 0.29) is 11.4 Å². The van der Waals surface area contributed by atoms with Crippen LogP contribution in [-0.4, -0.2) is 10.8 Å². The number of hydrogen-bond donors (Lipinski definition) is 1. The van der Waals surface area contributed by atoms with Gasteiger partial charge < -0.3 is 5.32 Å². The predicted octanol–water partition coefficient (Wildman–Crippen LogP) is 4.35. The molecule has 1 N–H and O–H groups in total. The molecule has 0 atom stereocenters. The highest BCUT2D eigenvalue weighted by Gasteiger charge is 2.17. The number of nitro benzene ring substituents is 1. The standard InChI is InChI=1S/C14H10BrClN2O3/c15-11-4-5-12(13(7-11)18(20)21)17-14(19)10-3-1-2-9(6-10)8-16/h1-7H,8H2,(H,17,19). The van der Waals surface area contributed by atoms with Crippen LogP contribution in [0.3, 0.4) is 0 Å². The van der Waals surface area contributed by atoms with Crippen LogP contribution in [0, 0.1) is 10.1 Å². The van der Waals surface area contributed by atoms with Crippen molar-refractivity contribution in [2.24, 2.45) is 0 Å².